The zero-order valence-electron chi connectivity index (χ0n) is 7.91. The van der Waals surface area contributed by atoms with Gasteiger partial charge in [0, 0.05) is 12.1 Å². The standard InChI is InChI=1S/C10H12N2O2/c1-2-10(14)12-7-3-5-8(11)9(13)6-4-7/h3-6H,2H2,1H3,(H2,11,13)(H,12,14). The molecule has 0 aliphatic rings. The third-order valence-corrected chi connectivity index (χ3v) is 1.75. The van der Waals surface area contributed by atoms with Gasteiger partial charge in [0.05, 0.1) is 5.69 Å². The van der Waals surface area contributed by atoms with Gasteiger partial charge in [-0.05, 0) is 24.3 Å². The number of carbonyl (C=O) groups is 1. The maximum atomic E-state index is 11.1. The first-order valence-electron chi connectivity index (χ1n) is 4.33. The third kappa shape index (κ3) is 2.58. The first kappa shape index (κ1) is 10.2. The number of nitrogen functional groups attached to an aromatic ring is 1. The Bertz CT molecular complexity index is 402. The minimum absolute atomic E-state index is 0.0952. The van der Waals surface area contributed by atoms with Crippen molar-refractivity contribution in [2.45, 2.75) is 13.3 Å². The Kier molecular flexibility index (Phi) is 3.23. The third-order valence-electron chi connectivity index (χ3n) is 1.75. The SMILES string of the molecule is CCC(=O)Nc1ccc(N)c(=O)cc1. The summed E-state index contributed by atoms with van der Waals surface area (Å²) in [6, 6.07) is 5.95. The number of hydrogen-bond donors (Lipinski definition) is 2. The molecule has 4 nitrogen and oxygen atoms in total. The summed E-state index contributed by atoms with van der Waals surface area (Å²) in [5.41, 5.74) is 5.90. The van der Waals surface area contributed by atoms with E-state index in [-0.39, 0.29) is 17.0 Å². The summed E-state index contributed by atoms with van der Waals surface area (Å²) in [4.78, 5) is 22.1. The van der Waals surface area contributed by atoms with Crippen molar-refractivity contribution >= 4 is 17.3 Å². The molecule has 3 N–H and O–H groups in total. The molecule has 1 aromatic carbocycles. The van der Waals surface area contributed by atoms with Gasteiger partial charge in [-0.3, -0.25) is 9.59 Å². The molecule has 0 aliphatic carbocycles. The van der Waals surface area contributed by atoms with E-state index in [2.05, 4.69) is 5.32 Å². The number of amides is 1. The van der Waals surface area contributed by atoms with Crippen LogP contribution in [0.3, 0.4) is 0 Å². The Labute approximate surface area is 81.7 Å². The lowest BCUT2D eigenvalue weighted by Crippen LogP contribution is -2.08. The van der Waals surface area contributed by atoms with Gasteiger partial charge in [0.25, 0.3) is 0 Å². The fourth-order valence-corrected chi connectivity index (χ4v) is 0.912. The van der Waals surface area contributed by atoms with E-state index in [9.17, 15) is 9.59 Å². The summed E-state index contributed by atoms with van der Waals surface area (Å²) < 4.78 is 0. The molecule has 4 heteroatoms. The highest BCUT2D eigenvalue weighted by Gasteiger charge is 1.97. The normalized spacial score (nSPS) is 9.50. The summed E-state index contributed by atoms with van der Waals surface area (Å²) in [7, 11) is 0. The highest BCUT2D eigenvalue weighted by molar-refractivity contribution is 5.90. The second kappa shape index (κ2) is 4.41. The Hall–Kier alpha value is -1.84. The maximum Gasteiger partial charge on any atom is 0.224 e. The highest BCUT2D eigenvalue weighted by atomic mass is 16.1. The molecular formula is C10H12N2O2. The predicted molar refractivity (Wildman–Crippen MR) is 56.0 cm³/mol. The minimum Gasteiger partial charge on any atom is -0.396 e. The Morgan fingerprint density at radius 3 is 2.64 bits per heavy atom. The van der Waals surface area contributed by atoms with E-state index < -0.39 is 0 Å². The number of nitrogens with two attached hydrogens (primary N) is 1. The number of rotatable bonds is 2. The van der Waals surface area contributed by atoms with Gasteiger partial charge in [0.15, 0.2) is 0 Å². The van der Waals surface area contributed by atoms with E-state index in [1.807, 2.05) is 0 Å². The van der Waals surface area contributed by atoms with Gasteiger partial charge in [-0.15, -0.1) is 0 Å². The van der Waals surface area contributed by atoms with Crippen LogP contribution in [0.1, 0.15) is 13.3 Å². The van der Waals surface area contributed by atoms with Crippen molar-refractivity contribution in [2.75, 3.05) is 11.1 Å². The molecule has 14 heavy (non-hydrogen) atoms. The van der Waals surface area contributed by atoms with Gasteiger partial charge in [0.2, 0.25) is 11.3 Å². The molecule has 0 fully saturated rings. The number of carbonyl (C=O) groups excluding carboxylic acids is 1. The Balaban J connectivity index is 2.97. The summed E-state index contributed by atoms with van der Waals surface area (Å²) in [5.74, 6) is -0.0952. The summed E-state index contributed by atoms with van der Waals surface area (Å²) >= 11 is 0. The summed E-state index contributed by atoms with van der Waals surface area (Å²) in [6.07, 6.45) is 0.401. The molecule has 74 valence electrons. The zero-order chi connectivity index (χ0) is 10.6. The van der Waals surface area contributed by atoms with Crippen LogP contribution < -0.4 is 16.5 Å². The molecule has 0 radical (unpaired) electrons. The fraction of sp³-hybridized carbons (Fsp3) is 0.200. The van der Waals surface area contributed by atoms with Crippen LogP contribution in [-0.2, 0) is 4.79 Å². The molecule has 1 aromatic rings. The van der Waals surface area contributed by atoms with Crippen molar-refractivity contribution < 1.29 is 4.79 Å². The smallest absolute Gasteiger partial charge is 0.224 e. The monoisotopic (exact) mass is 192 g/mol. The van der Waals surface area contributed by atoms with Crippen LogP contribution in [0.5, 0.6) is 0 Å². The average Bonchev–Trinajstić information content (AvgIpc) is 2.33. The molecule has 0 aromatic heterocycles. The Morgan fingerprint density at radius 2 is 2.00 bits per heavy atom. The van der Waals surface area contributed by atoms with Crippen LogP contribution in [0.4, 0.5) is 11.4 Å². The van der Waals surface area contributed by atoms with Crippen molar-refractivity contribution in [1.29, 1.82) is 0 Å². The molecule has 0 saturated carbocycles. The van der Waals surface area contributed by atoms with E-state index in [0.29, 0.717) is 12.1 Å². The minimum atomic E-state index is -0.248. The van der Waals surface area contributed by atoms with Crippen LogP contribution in [0, 0.1) is 0 Å². The van der Waals surface area contributed by atoms with Crippen LogP contribution in [0.2, 0.25) is 0 Å². The second-order valence-corrected chi connectivity index (χ2v) is 2.84. The van der Waals surface area contributed by atoms with E-state index in [4.69, 9.17) is 5.73 Å². The lowest BCUT2D eigenvalue weighted by atomic mass is 10.4. The predicted octanol–water partition coefficient (Wildman–Crippen LogP) is 0.978. The summed E-state index contributed by atoms with van der Waals surface area (Å²) in [5, 5.41) is 2.63. The van der Waals surface area contributed by atoms with Crippen LogP contribution in [0.25, 0.3) is 0 Å². The quantitative estimate of drug-likeness (QED) is 0.733. The van der Waals surface area contributed by atoms with E-state index in [1.54, 1.807) is 13.0 Å². The van der Waals surface area contributed by atoms with E-state index in [0.717, 1.165) is 0 Å². The second-order valence-electron chi connectivity index (χ2n) is 2.84. The molecular weight excluding hydrogens is 180 g/mol. The van der Waals surface area contributed by atoms with Gasteiger partial charge < -0.3 is 11.1 Å². The number of anilines is 2. The van der Waals surface area contributed by atoms with Crippen molar-refractivity contribution in [3.63, 3.8) is 0 Å². The largest absolute Gasteiger partial charge is 0.396 e. The van der Waals surface area contributed by atoms with Crippen LogP contribution >= 0.6 is 0 Å². The van der Waals surface area contributed by atoms with Crippen molar-refractivity contribution in [1.82, 2.24) is 0 Å². The van der Waals surface area contributed by atoms with Crippen molar-refractivity contribution in [3.8, 4) is 0 Å². The molecule has 0 atom stereocenters. The molecule has 1 amide bonds. The molecule has 0 saturated heterocycles. The maximum absolute atomic E-state index is 11.1. The van der Waals surface area contributed by atoms with Crippen molar-refractivity contribution in [3.05, 3.63) is 34.5 Å². The molecule has 0 heterocycles. The summed E-state index contributed by atoms with van der Waals surface area (Å²) in [6.45, 7) is 1.76. The van der Waals surface area contributed by atoms with Gasteiger partial charge in [-0.25, -0.2) is 0 Å². The number of nitrogens with one attached hydrogen (secondary N) is 1. The fourth-order valence-electron chi connectivity index (χ4n) is 0.912. The molecule has 0 bridgehead atoms. The van der Waals surface area contributed by atoms with Gasteiger partial charge in [-0.1, -0.05) is 6.92 Å². The molecule has 0 aliphatic heterocycles. The lowest BCUT2D eigenvalue weighted by Gasteiger charge is -1.98. The topological polar surface area (TPSA) is 72.2 Å². The number of hydrogen-bond acceptors (Lipinski definition) is 3. The molecule has 0 unspecified atom stereocenters. The Morgan fingerprint density at radius 1 is 1.36 bits per heavy atom. The first-order chi connectivity index (χ1) is 6.63. The van der Waals surface area contributed by atoms with E-state index in [1.165, 1.54) is 18.2 Å². The van der Waals surface area contributed by atoms with E-state index >= 15 is 0 Å². The molecule has 0 spiro atoms. The first-order valence-corrected chi connectivity index (χ1v) is 4.33. The lowest BCUT2D eigenvalue weighted by molar-refractivity contribution is -0.115. The van der Waals surface area contributed by atoms with Crippen LogP contribution in [-0.4, -0.2) is 5.91 Å². The van der Waals surface area contributed by atoms with Crippen LogP contribution in [0.15, 0.2) is 29.1 Å². The average molecular weight is 192 g/mol. The zero-order valence-corrected chi connectivity index (χ0v) is 7.91. The van der Waals surface area contributed by atoms with Gasteiger partial charge >= 0.3 is 0 Å². The van der Waals surface area contributed by atoms with Crippen molar-refractivity contribution in [2.24, 2.45) is 0 Å². The van der Waals surface area contributed by atoms with Gasteiger partial charge in [0.1, 0.15) is 0 Å². The van der Waals surface area contributed by atoms with Gasteiger partial charge in [-0.2, -0.15) is 0 Å². The highest BCUT2D eigenvalue weighted by Crippen LogP contribution is 2.05. The molecule has 1 rings (SSSR count).